The average molecular weight is 303 g/mol. The number of rotatable bonds is 6. The van der Waals surface area contributed by atoms with Gasteiger partial charge in [0.05, 0.1) is 12.1 Å². The summed E-state index contributed by atoms with van der Waals surface area (Å²) in [6.45, 7) is 4.88. The molecule has 0 amide bonds. The fourth-order valence-corrected chi connectivity index (χ4v) is 2.46. The molecule has 6 heteroatoms. The van der Waals surface area contributed by atoms with Gasteiger partial charge in [-0.1, -0.05) is 6.07 Å². The molecule has 22 heavy (non-hydrogen) atoms. The van der Waals surface area contributed by atoms with Gasteiger partial charge in [0.2, 0.25) is 6.79 Å². The van der Waals surface area contributed by atoms with Crippen molar-refractivity contribution in [2.45, 2.75) is 32.0 Å². The highest BCUT2D eigenvalue weighted by molar-refractivity contribution is 5.45. The molecule has 1 aromatic heterocycles. The highest BCUT2D eigenvalue weighted by Gasteiger charge is 2.19. The molecule has 2 heterocycles. The van der Waals surface area contributed by atoms with Gasteiger partial charge in [-0.05, 0) is 37.6 Å². The van der Waals surface area contributed by atoms with Crippen LogP contribution in [0.15, 0.2) is 36.7 Å². The summed E-state index contributed by atoms with van der Waals surface area (Å²) >= 11 is 0. The maximum atomic E-state index is 10.3. The van der Waals surface area contributed by atoms with Gasteiger partial charge in [-0.25, -0.2) is 0 Å². The molecule has 3 atom stereocenters. The maximum absolute atomic E-state index is 10.3. The Morgan fingerprint density at radius 3 is 2.91 bits per heavy atom. The van der Waals surface area contributed by atoms with E-state index in [0.29, 0.717) is 12.3 Å². The number of aliphatic hydroxyl groups excluding tert-OH is 1. The molecule has 0 aliphatic carbocycles. The summed E-state index contributed by atoms with van der Waals surface area (Å²) in [5.41, 5.74) is 0.815. The van der Waals surface area contributed by atoms with Gasteiger partial charge >= 0.3 is 0 Å². The molecule has 6 nitrogen and oxygen atoms in total. The van der Waals surface area contributed by atoms with Crippen molar-refractivity contribution in [1.82, 2.24) is 15.1 Å². The molecule has 1 aliphatic heterocycles. The van der Waals surface area contributed by atoms with Crippen molar-refractivity contribution in [2.75, 3.05) is 13.3 Å². The normalized spacial score (nSPS) is 17.2. The molecule has 3 unspecified atom stereocenters. The van der Waals surface area contributed by atoms with Gasteiger partial charge in [-0.15, -0.1) is 0 Å². The van der Waals surface area contributed by atoms with E-state index >= 15 is 0 Å². The second-order valence-corrected chi connectivity index (χ2v) is 5.55. The van der Waals surface area contributed by atoms with Gasteiger partial charge in [-0.2, -0.15) is 5.10 Å². The number of aliphatic hydroxyl groups is 1. The summed E-state index contributed by atoms with van der Waals surface area (Å²) in [6, 6.07) is 7.82. The van der Waals surface area contributed by atoms with Crippen molar-refractivity contribution in [1.29, 1.82) is 0 Å². The van der Waals surface area contributed by atoms with Gasteiger partial charge in [0.1, 0.15) is 0 Å². The molecule has 0 saturated carbocycles. The highest BCUT2D eigenvalue weighted by atomic mass is 16.7. The van der Waals surface area contributed by atoms with Crippen molar-refractivity contribution in [2.24, 2.45) is 0 Å². The Morgan fingerprint density at radius 2 is 2.14 bits per heavy atom. The van der Waals surface area contributed by atoms with Crippen LogP contribution in [0, 0.1) is 0 Å². The summed E-state index contributed by atoms with van der Waals surface area (Å²) in [5.74, 6) is 1.42. The van der Waals surface area contributed by atoms with E-state index in [1.165, 1.54) is 0 Å². The molecule has 3 rings (SSSR count). The van der Waals surface area contributed by atoms with Crippen molar-refractivity contribution in [3.8, 4) is 11.5 Å². The number of nitrogens with one attached hydrogen (secondary N) is 1. The van der Waals surface area contributed by atoms with Crippen molar-refractivity contribution >= 4 is 0 Å². The van der Waals surface area contributed by atoms with Crippen molar-refractivity contribution < 1.29 is 14.6 Å². The van der Waals surface area contributed by atoms with Crippen molar-refractivity contribution in [3.63, 3.8) is 0 Å². The van der Waals surface area contributed by atoms with Crippen LogP contribution >= 0.6 is 0 Å². The highest BCUT2D eigenvalue weighted by Crippen LogP contribution is 2.34. The first-order valence-corrected chi connectivity index (χ1v) is 7.45. The molecular formula is C16H21N3O3. The van der Waals surface area contributed by atoms with Gasteiger partial charge < -0.3 is 19.9 Å². The lowest BCUT2D eigenvalue weighted by Gasteiger charge is -2.23. The Balaban J connectivity index is 1.56. The predicted molar refractivity (Wildman–Crippen MR) is 81.9 cm³/mol. The summed E-state index contributed by atoms with van der Waals surface area (Å²) in [4.78, 5) is 0. The Bertz CT molecular complexity index is 615. The van der Waals surface area contributed by atoms with E-state index < -0.39 is 6.10 Å². The van der Waals surface area contributed by atoms with Crippen molar-refractivity contribution in [3.05, 3.63) is 42.2 Å². The molecule has 0 spiro atoms. The zero-order valence-corrected chi connectivity index (χ0v) is 12.8. The fourth-order valence-electron chi connectivity index (χ4n) is 2.46. The second kappa shape index (κ2) is 6.37. The van der Waals surface area contributed by atoms with Crippen LogP contribution in [0.1, 0.15) is 31.6 Å². The summed E-state index contributed by atoms with van der Waals surface area (Å²) < 4.78 is 12.5. The zero-order valence-electron chi connectivity index (χ0n) is 12.8. The molecule has 1 aromatic carbocycles. The van der Waals surface area contributed by atoms with E-state index in [-0.39, 0.29) is 18.9 Å². The average Bonchev–Trinajstić information content (AvgIpc) is 3.21. The van der Waals surface area contributed by atoms with Gasteiger partial charge in [0.25, 0.3) is 0 Å². The van der Waals surface area contributed by atoms with Crippen LogP contribution in [0.2, 0.25) is 0 Å². The van der Waals surface area contributed by atoms with Crippen LogP contribution < -0.4 is 14.8 Å². The molecule has 0 fully saturated rings. The Morgan fingerprint density at radius 1 is 1.32 bits per heavy atom. The minimum atomic E-state index is -0.596. The van der Waals surface area contributed by atoms with Gasteiger partial charge in [0, 0.05) is 25.0 Å². The van der Waals surface area contributed by atoms with E-state index in [1.54, 1.807) is 6.20 Å². The largest absolute Gasteiger partial charge is 0.454 e. The van der Waals surface area contributed by atoms with E-state index in [1.807, 2.05) is 35.1 Å². The zero-order chi connectivity index (χ0) is 15.5. The van der Waals surface area contributed by atoms with Crippen LogP contribution in [0.5, 0.6) is 11.5 Å². The number of nitrogens with zero attached hydrogens (tertiary/aromatic N) is 2. The molecule has 2 aromatic rings. The summed E-state index contributed by atoms with van der Waals surface area (Å²) in [7, 11) is 0. The number of aromatic nitrogens is 2. The van der Waals surface area contributed by atoms with E-state index in [4.69, 9.17) is 9.47 Å². The number of hydrogen-bond acceptors (Lipinski definition) is 5. The van der Waals surface area contributed by atoms with E-state index in [2.05, 4.69) is 24.3 Å². The minimum absolute atomic E-state index is 0.184. The fraction of sp³-hybridized carbons (Fsp3) is 0.438. The molecule has 2 N–H and O–H groups in total. The number of fused-ring (bicyclic) bond motifs is 1. The summed E-state index contributed by atoms with van der Waals surface area (Å²) in [5, 5.41) is 17.9. The monoisotopic (exact) mass is 303 g/mol. The van der Waals surface area contributed by atoms with Crippen LogP contribution in [0.25, 0.3) is 0 Å². The van der Waals surface area contributed by atoms with E-state index in [0.717, 1.165) is 11.3 Å². The first-order chi connectivity index (χ1) is 10.6. The van der Waals surface area contributed by atoms with Crippen LogP contribution in [-0.2, 0) is 0 Å². The lowest BCUT2D eigenvalue weighted by Crippen LogP contribution is -2.36. The topological polar surface area (TPSA) is 68.5 Å². The predicted octanol–water partition coefficient (Wildman–Crippen LogP) is 1.88. The first kappa shape index (κ1) is 14.9. The van der Waals surface area contributed by atoms with Crippen LogP contribution in [-0.4, -0.2) is 34.3 Å². The van der Waals surface area contributed by atoms with Gasteiger partial charge in [-0.3, -0.25) is 4.68 Å². The lowest BCUT2D eigenvalue weighted by atomic mass is 10.1. The van der Waals surface area contributed by atoms with Crippen LogP contribution in [0.3, 0.4) is 0 Å². The van der Waals surface area contributed by atoms with Gasteiger partial charge in [0.15, 0.2) is 11.5 Å². The molecule has 1 aliphatic rings. The quantitative estimate of drug-likeness (QED) is 0.853. The molecule has 0 radical (unpaired) electrons. The first-order valence-electron chi connectivity index (χ1n) is 7.45. The number of ether oxygens (including phenoxy) is 2. The second-order valence-electron chi connectivity index (χ2n) is 5.55. The third kappa shape index (κ3) is 3.08. The SMILES string of the molecule is CC(NCC(O)c1ccc2c(c1)OCO2)C(C)n1cccn1. The molecule has 0 saturated heterocycles. The third-order valence-corrected chi connectivity index (χ3v) is 4.08. The smallest absolute Gasteiger partial charge is 0.231 e. The third-order valence-electron chi connectivity index (χ3n) is 4.08. The standard InChI is InChI=1S/C16H21N3O3/c1-11(12(2)19-7-3-6-18-19)17-9-14(20)13-4-5-15-16(8-13)22-10-21-15/h3-8,11-12,14,17,20H,9-10H2,1-2H3. The minimum Gasteiger partial charge on any atom is -0.454 e. The Labute approximate surface area is 129 Å². The van der Waals surface area contributed by atoms with E-state index in [9.17, 15) is 5.11 Å². The number of hydrogen-bond donors (Lipinski definition) is 2. The summed E-state index contributed by atoms with van der Waals surface area (Å²) in [6.07, 6.45) is 3.11. The van der Waals surface area contributed by atoms with Crippen LogP contribution in [0.4, 0.5) is 0 Å². The molecule has 0 bridgehead atoms. The maximum Gasteiger partial charge on any atom is 0.231 e. The number of benzene rings is 1. The Kier molecular flexibility index (Phi) is 4.31. The molecule has 118 valence electrons. The lowest BCUT2D eigenvalue weighted by molar-refractivity contribution is 0.164. The Hall–Kier alpha value is -2.05. The molecular weight excluding hydrogens is 282 g/mol.